The van der Waals surface area contributed by atoms with Crippen LogP contribution in [0.4, 0.5) is 0 Å². The van der Waals surface area contributed by atoms with E-state index in [2.05, 4.69) is 56.5 Å². The fraction of sp³-hybridized carbons (Fsp3) is 0.529. The zero-order chi connectivity index (χ0) is 16.9. The third kappa shape index (κ3) is 5.68. The smallest absolute Gasteiger partial charge is 0.193 e. The molecule has 138 valence electrons. The first-order valence-electron chi connectivity index (χ1n) is 8.41. The lowest BCUT2D eigenvalue weighted by Gasteiger charge is -2.21. The lowest BCUT2D eigenvalue weighted by atomic mass is 10.0. The van der Waals surface area contributed by atoms with Gasteiger partial charge in [-0.3, -0.25) is 9.67 Å². The average Bonchev–Trinajstić information content (AvgIpc) is 3.27. The molecular formula is C17H25BrIN5S. The summed E-state index contributed by atoms with van der Waals surface area (Å²) in [4.78, 5) is 8.59. The topological polar surface area (TPSA) is 45.5 Å². The average molecular weight is 538 g/mol. The number of nitrogens with one attached hydrogen (secondary N) is 1. The van der Waals surface area contributed by atoms with Crippen LogP contribution in [-0.4, -0.2) is 46.8 Å². The third-order valence-corrected chi connectivity index (χ3v) is 5.95. The minimum atomic E-state index is 0. The van der Waals surface area contributed by atoms with Gasteiger partial charge in [-0.05, 0) is 47.0 Å². The number of aliphatic imine (C=N–C) groups is 1. The summed E-state index contributed by atoms with van der Waals surface area (Å²) in [5, 5.41) is 7.74. The van der Waals surface area contributed by atoms with Crippen LogP contribution in [0.1, 0.15) is 29.7 Å². The molecule has 1 unspecified atom stereocenters. The highest BCUT2D eigenvalue weighted by atomic mass is 127. The summed E-state index contributed by atoms with van der Waals surface area (Å²) in [5.74, 6) is 1.59. The largest absolute Gasteiger partial charge is 0.357 e. The fourth-order valence-electron chi connectivity index (χ4n) is 3.06. The minimum Gasteiger partial charge on any atom is -0.357 e. The van der Waals surface area contributed by atoms with Gasteiger partial charge in [-0.15, -0.1) is 35.3 Å². The van der Waals surface area contributed by atoms with Crippen LogP contribution < -0.4 is 5.32 Å². The highest BCUT2D eigenvalue weighted by Crippen LogP contribution is 2.27. The van der Waals surface area contributed by atoms with Crippen LogP contribution in [0.25, 0.3) is 0 Å². The van der Waals surface area contributed by atoms with Gasteiger partial charge in [0.1, 0.15) is 0 Å². The van der Waals surface area contributed by atoms with Crippen molar-refractivity contribution in [3.05, 3.63) is 38.8 Å². The lowest BCUT2D eigenvalue weighted by Crippen LogP contribution is -2.40. The van der Waals surface area contributed by atoms with E-state index in [1.807, 2.05) is 17.9 Å². The van der Waals surface area contributed by atoms with E-state index in [9.17, 15) is 0 Å². The van der Waals surface area contributed by atoms with Gasteiger partial charge >= 0.3 is 0 Å². The van der Waals surface area contributed by atoms with Gasteiger partial charge in [-0.2, -0.15) is 5.10 Å². The molecule has 1 aliphatic heterocycles. The molecule has 5 nitrogen and oxygen atoms in total. The van der Waals surface area contributed by atoms with Crippen LogP contribution in [-0.2, 0) is 13.5 Å². The summed E-state index contributed by atoms with van der Waals surface area (Å²) in [6, 6.07) is 4.28. The van der Waals surface area contributed by atoms with Crippen LogP contribution in [0.15, 0.2) is 33.3 Å². The number of hydrogen-bond donors (Lipinski definition) is 1. The fourth-order valence-corrected chi connectivity index (χ4v) is 4.53. The molecule has 0 spiro atoms. The quantitative estimate of drug-likeness (QED) is 0.358. The van der Waals surface area contributed by atoms with E-state index >= 15 is 0 Å². The molecule has 1 atom stereocenters. The summed E-state index contributed by atoms with van der Waals surface area (Å²) in [7, 11) is 1.98. The third-order valence-electron chi connectivity index (χ3n) is 4.27. The Labute approximate surface area is 179 Å². The number of likely N-dealkylation sites (tertiary alicyclic amines) is 1. The molecule has 0 saturated carbocycles. The summed E-state index contributed by atoms with van der Waals surface area (Å²) in [6.45, 7) is 5.92. The molecule has 8 heteroatoms. The van der Waals surface area contributed by atoms with Crippen molar-refractivity contribution in [3.8, 4) is 0 Å². The molecule has 0 aromatic carbocycles. The van der Waals surface area contributed by atoms with E-state index in [0.717, 1.165) is 45.0 Å². The van der Waals surface area contributed by atoms with Gasteiger partial charge in [-0.1, -0.05) is 0 Å². The Bertz CT molecular complexity index is 699. The molecule has 0 bridgehead atoms. The Morgan fingerprint density at radius 2 is 2.32 bits per heavy atom. The van der Waals surface area contributed by atoms with E-state index in [1.165, 1.54) is 14.2 Å². The number of rotatable bonds is 5. The van der Waals surface area contributed by atoms with Crippen molar-refractivity contribution >= 4 is 57.2 Å². The second kappa shape index (κ2) is 9.91. The number of hydrogen-bond acceptors (Lipinski definition) is 3. The number of nitrogens with zero attached hydrogens (tertiary/aromatic N) is 4. The molecule has 1 fully saturated rings. The Morgan fingerprint density at radius 1 is 1.48 bits per heavy atom. The standard InChI is InChI=1S/C17H24BrN5S.HI/c1-3-19-17(20-8-6-15-4-5-16(18)24-15)23-9-7-13(12-23)14-10-21-22(2)11-14;/h4-5,10-11,13H,3,6-9,12H2,1-2H3,(H,19,20);1H. The molecule has 2 aromatic heterocycles. The molecule has 1 N–H and O–H groups in total. The molecule has 2 aromatic rings. The first-order chi connectivity index (χ1) is 11.7. The van der Waals surface area contributed by atoms with Gasteiger partial charge in [0, 0.05) is 56.6 Å². The molecule has 1 aliphatic rings. The maximum Gasteiger partial charge on any atom is 0.193 e. The molecule has 25 heavy (non-hydrogen) atoms. The van der Waals surface area contributed by atoms with Crippen LogP contribution in [0.2, 0.25) is 0 Å². The van der Waals surface area contributed by atoms with Gasteiger partial charge < -0.3 is 10.2 Å². The lowest BCUT2D eigenvalue weighted by molar-refractivity contribution is 0.486. The van der Waals surface area contributed by atoms with Crippen LogP contribution in [0, 0.1) is 0 Å². The number of halogens is 2. The SMILES string of the molecule is CCNC(=NCCc1ccc(Br)s1)N1CCC(c2cnn(C)c2)C1.I. The summed E-state index contributed by atoms with van der Waals surface area (Å²) < 4.78 is 3.07. The zero-order valence-corrected chi connectivity index (χ0v) is 19.3. The van der Waals surface area contributed by atoms with E-state index < -0.39 is 0 Å². The molecule has 0 radical (unpaired) electrons. The zero-order valence-electron chi connectivity index (χ0n) is 14.6. The predicted octanol–water partition coefficient (Wildman–Crippen LogP) is 3.86. The highest BCUT2D eigenvalue weighted by Gasteiger charge is 2.26. The Kier molecular flexibility index (Phi) is 8.21. The van der Waals surface area contributed by atoms with Crippen molar-refractivity contribution in [2.45, 2.75) is 25.7 Å². The van der Waals surface area contributed by atoms with Gasteiger partial charge in [0.25, 0.3) is 0 Å². The number of guanidine groups is 1. The van der Waals surface area contributed by atoms with Crippen LogP contribution in [0.5, 0.6) is 0 Å². The summed E-state index contributed by atoms with van der Waals surface area (Å²) in [5.41, 5.74) is 1.33. The van der Waals surface area contributed by atoms with Crippen LogP contribution in [0.3, 0.4) is 0 Å². The van der Waals surface area contributed by atoms with Crippen molar-refractivity contribution in [3.63, 3.8) is 0 Å². The van der Waals surface area contributed by atoms with Crippen molar-refractivity contribution in [1.29, 1.82) is 0 Å². The maximum absolute atomic E-state index is 4.84. The van der Waals surface area contributed by atoms with Crippen molar-refractivity contribution in [2.75, 3.05) is 26.2 Å². The van der Waals surface area contributed by atoms with Gasteiger partial charge in [-0.25, -0.2) is 0 Å². The Hall–Kier alpha value is -0.610. The van der Waals surface area contributed by atoms with E-state index in [0.29, 0.717) is 5.92 Å². The van der Waals surface area contributed by atoms with Gasteiger partial charge in [0.15, 0.2) is 5.96 Å². The molecule has 0 amide bonds. The molecular weight excluding hydrogens is 513 g/mol. The molecule has 3 heterocycles. The Balaban J connectivity index is 0.00000225. The summed E-state index contributed by atoms with van der Waals surface area (Å²) >= 11 is 5.31. The van der Waals surface area contributed by atoms with Crippen LogP contribution >= 0.6 is 51.2 Å². The monoisotopic (exact) mass is 537 g/mol. The van der Waals surface area contributed by atoms with Crippen molar-refractivity contribution < 1.29 is 0 Å². The van der Waals surface area contributed by atoms with Gasteiger partial charge in [0.2, 0.25) is 0 Å². The number of aromatic nitrogens is 2. The van der Waals surface area contributed by atoms with E-state index in [4.69, 9.17) is 4.99 Å². The second-order valence-corrected chi connectivity index (χ2v) is 8.62. The highest BCUT2D eigenvalue weighted by molar-refractivity contribution is 14.0. The number of thiophene rings is 1. The molecule has 0 aliphatic carbocycles. The minimum absolute atomic E-state index is 0. The van der Waals surface area contributed by atoms with E-state index in [1.54, 1.807) is 11.3 Å². The molecule has 1 saturated heterocycles. The van der Waals surface area contributed by atoms with E-state index in [-0.39, 0.29) is 24.0 Å². The predicted molar refractivity (Wildman–Crippen MR) is 119 cm³/mol. The first-order valence-corrected chi connectivity index (χ1v) is 10.0. The molecule has 3 rings (SSSR count). The second-order valence-electron chi connectivity index (χ2n) is 6.07. The summed E-state index contributed by atoms with van der Waals surface area (Å²) in [6.07, 6.45) is 6.28. The first kappa shape index (κ1) is 20.7. The van der Waals surface area contributed by atoms with Crippen molar-refractivity contribution in [2.24, 2.45) is 12.0 Å². The van der Waals surface area contributed by atoms with Crippen molar-refractivity contribution in [1.82, 2.24) is 20.0 Å². The maximum atomic E-state index is 4.84. The Morgan fingerprint density at radius 3 is 2.96 bits per heavy atom. The van der Waals surface area contributed by atoms with Gasteiger partial charge in [0.05, 0.1) is 9.98 Å². The number of aryl methyl sites for hydroxylation is 1. The normalized spacial score (nSPS) is 17.6.